The normalized spacial score (nSPS) is 12.9. The van der Waals surface area contributed by atoms with Crippen LogP contribution in [0.2, 0.25) is 0 Å². The molecule has 0 aromatic carbocycles. The van der Waals surface area contributed by atoms with Gasteiger partial charge in [0.25, 0.3) is 0 Å². The second-order valence-electron chi connectivity index (χ2n) is 5.25. The summed E-state index contributed by atoms with van der Waals surface area (Å²) in [6, 6.07) is 0. The Bertz CT molecular complexity index is 135. The number of aliphatic hydroxyl groups excluding tert-OH is 2. The van der Waals surface area contributed by atoms with Crippen LogP contribution in [0.3, 0.4) is 0 Å². The van der Waals surface area contributed by atoms with Crippen LogP contribution in [0.25, 0.3) is 0 Å². The number of hydrogen-bond acceptors (Lipinski definition) is 2. The molecule has 0 aliphatic heterocycles. The summed E-state index contributed by atoms with van der Waals surface area (Å²) >= 11 is 0. The van der Waals surface area contributed by atoms with Gasteiger partial charge >= 0.3 is 0 Å². The Morgan fingerprint density at radius 2 is 1.00 bits per heavy atom. The molecule has 0 aliphatic carbocycles. The minimum atomic E-state index is -0.117. The largest absolute Gasteiger partial charge is 0.396 e. The minimum Gasteiger partial charge on any atom is -0.396 e. The third-order valence-corrected chi connectivity index (χ3v) is 3.28. The van der Waals surface area contributed by atoms with Crippen LogP contribution < -0.4 is 0 Å². The van der Waals surface area contributed by atoms with Gasteiger partial charge in [-0.05, 0) is 19.8 Å². The summed E-state index contributed by atoms with van der Waals surface area (Å²) in [5.41, 5.74) is 0. The van der Waals surface area contributed by atoms with Crippen molar-refractivity contribution in [3.63, 3.8) is 0 Å². The Labute approximate surface area is 107 Å². The molecule has 2 nitrogen and oxygen atoms in total. The summed E-state index contributed by atoms with van der Waals surface area (Å²) in [6.07, 6.45) is 14.9. The SMILES string of the molecule is CC(O)CCCCCCCCCCCCCO. The first-order valence-corrected chi connectivity index (χ1v) is 7.56. The van der Waals surface area contributed by atoms with Crippen LogP contribution in [0.5, 0.6) is 0 Å². The highest BCUT2D eigenvalue weighted by Crippen LogP contribution is 2.12. The van der Waals surface area contributed by atoms with Gasteiger partial charge in [0.15, 0.2) is 0 Å². The lowest BCUT2D eigenvalue weighted by Crippen LogP contribution is -1.98. The summed E-state index contributed by atoms with van der Waals surface area (Å²) < 4.78 is 0. The van der Waals surface area contributed by atoms with Crippen LogP contribution in [-0.4, -0.2) is 22.9 Å². The molecule has 0 spiro atoms. The zero-order chi connectivity index (χ0) is 12.8. The Morgan fingerprint density at radius 3 is 1.35 bits per heavy atom. The van der Waals surface area contributed by atoms with Gasteiger partial charge in [-0.25, -0.2) is 0 Å². The zero-order valence-corrected chi connectivity index (χ0v) is 11.7. The summed E-state index contributed by atoms with van der Waals surface area (Å²) in [6.45, 7) is 2.23. The van der Waals surface area contributed by atoms with Gasteiger partial charge in [-0.2, -0.15) is 0 Å². The molecule has 0 aromatic heterocycles. The second kappa shape index (κ2) is 14.0. The average Bonchev–Trinajstić information content (AvgIpc) is 2.30. The number of unbranched alkanes of at least 4 members (excludes halogenated alkanes) is 10. The Morgan fingerprint density at radius 1 is 0.647 bits per heavy atom. The predicted molar refractivity (Wildman–Crippen MR) is 74.2 cm³/mol. The number of aliphatic hydroxyl groups is 2. The van der Waals surface area contributed by atoms with Crippen molar-refractivity contribution in [2.75, 3.05) is 6.61 Å². The van der Waals surface area contributed by atoms with Crippen molar-refractivity contribution in [2.45, 2.75) is 90.1 Å². The molecule has 0 heterocycles. The molecule has 17 heavy (non-hydrogen) atoms. The summed E-state index contributed by atoms with van der Waals surface area (Å²) in [4.78, 5) is 0. The third-order valence-electron chi connectivity index (χ3n) is 3.28. The van der Waals surface area contributed by atoms with Gasteiger partial charge in [-0.3, -0.25) is 0 Å². The fourth-order valence-electron chi connectivity index (χ4n) is 2.14. The lowest BCUT2D eigenvalue weighted by Gasteiger charge is -2.04. The maximum absolute atomic E-state index is 9.10. The van der Waals surface area contributed by atoms with Crippen LogP contribution >= 0.6 is 0 Å². The van der Waals surface area contributed by atoms with E-state index in [0.717, 1.165) is 12.8 Å². The topological polar surface area (TPSA) is 40.5 Å². The zero-order valence-electron chi connectivity index (χ0n) is 11.7. The van der Waals surface area contributed by atoms with Gasteiger partial charge in [0, 0.05) is 6.61 Å². The van der Waals surface area contributed by atoms with Crippen LogP contribution in [0.15, 0.2) is 0 Å². The summed E-state index contributed by atoms with van der Waals surface area (Å²) in [5, 5.41) is 17.7. The highest BCUT2D eigenvalue weighted by molar-refractivity contribution is 4.50. The highest BCUT2D eigenvalue weighted by Gasteiger charge is 1.96. The van der Waals surface area contributed by atoms with Crippen molar-refractivity contribution < 1.29 is 10.2 Å². The fraction of sp³-hybridized carbons (Fsp3) is 1.00. The van der Waals surface area contributed by atoms with Crippen LogP contribution in [0.4, 0.5) is 0 Å². The van der Waals surface area contributed by atoms with Crippen molar-refractivity contribution in [2.24, 2.45) is 0 Å². The van der Waals surface area contributed by atoms with E-state index in [0.29, 0.717) is 6.61 Å². The summed E-state index contributed by atoms with van der Waals surface area (Å²) in [5.74, 6) is 0. The van der Waals surface area contributed by atoms with Gasteiger partial charge in [0.2, 0.25) is 0 Å². The molecule has 0 rings (SSSR count). The van der Waals surface area contributed by atoms with Crippen molar-refractivity contribution >= 4 is 0 Å². The lowest BCUT2D eigenvalue weighted by molar-refractivity contribution is 0.180. The second-order valence-corrected chi connectivity index (χ2v) is 5.25. The van der Waals surface area contributed by atoms with E-state index in [-0.39, 0.29) is 6.10 Å². The lowest BCUT2D eigenvalue weighted by atomic mass is 10.0. The minimum absolute atomic E-state index is 0.117. The van der Waals surface area contributed by atoms with Crippen LogP contribution in [0.1, 0.15) is 84.0 Å². The fourth-order valence-corrected chi connectivity index (χ4v) is 2.14. The first-order valence-electron chi connectivity index (χ1n) is 7.56. The van der Waals surface area contributed by atoms with E-state index in [4.69, 9.17) is 10.2 Å². The molecule has 0 aliphatic rings. The highest BCUT2D eigenvalue weighted by atomic mass is 16.3. The van der Waals surface area contributed by atoms with E-state index in [9.17, 15) is 0 Å². The molecule has 0 saturated heterocycles. The van der Waals surface area contributed by atoms with E-state index < -0.39 is 0 Å². The monoisotopic (exact) mass is 244 g/mol. The smallest absolute Gasteiger partial charge is 0.0512 e. The van der Waals surface area contributed by atoms with E-state index >= 15 is 0 Å². The molecule has 0 fully saturated rings. The molecule has 0 radical (unpaired) electrons. The maximum Gasteiger partial charge on any atom is 0.0512 e. The van der Waals surface area contributed by atoms with Crippen molar-refractivity contribution in [3.8, 4) is 0 Å². The molecule has 1 unspecified atom stereocenters. The van der Waals surface area contributed by atoms with Gasteiger partial charge in [-0.1, -0.05) is 64.2 Å². The molecule has 0 aromatic rings. The van der Waals surface area contributed by atoms with Crippen LogP contribution in [-0.2, 0) is 0 Å². The number of hydrogen-bond donors (Lipinski definition) is 2. The van der Waals surface area contributed by atoms with Crippen LogP contribution in [0, 0.1) is 0 Å². The first kappa shape index (κ1) is 16.9. The van der Waals surface area contributed by atoms with Crippen molar-refractivity contribution in [1.29, 1.82) is 0 Å². The molecule has 0 bridgehead atoms. The molecule has 0 amide bonds. The molecule has 0 saturated carbocycles. The molecular formula is C15H32O2. The van der Waals surface area contributed by atoms with Crippen molar-refractivity contribution in [1.82, 2.24) is 0 Å². The van der Waals surface area contributed by atoms with Gasteiger partial charge < -0.3 is 10.2 Å². The molecular weight excluding hydrogens is 212 g/mol. The maximum atomic E-state index is 9.10. The molecule has 104 valence electrons. The molecule has 2 heteroatoms. The molecule has 2 N–H and O–H groups in total. The van der Waals surface area contributed by atoms with Gasteiger partial charge in [-0.15, -0.1) is 0 Å². The summed E-state index contributed by atoms with van der Waals surface area (Å²) in [7, 11) is 0. The predicted octanol–water partition coefficient (Wildman–Crippen LogP) is 4.04. The van der Waals surface area contributed by atoms with E-state index in [1.807, 2.05) is 6.92 Å². The average molecular weight is 244 g/mol. The first-order chi connectivity index (χ1) is 8.27. The Kier molecular flexibility index (Phi) is 13.9. The Hall–Kier alpha value is -0.0800. The Balaban J connectivity index is 2.89. The van der Waals surface area contributed by atoms with Gasteiger partial charge in [0.1, 0.15) is 0 Å². The molecule has 1 atom stereocenters. The quantitative estimate of drug-likeness (QED) is 0.480. The van der Waals surface area contributed by atoms with E-state index in [1.165, 1.54) is 64.2 Å². The van der Waals surface area contributed by atoms with Crippen molar-refractivity contribution in [3.05, 3.63) is 0 Å². The van der Waals surface area contributed by atoms with E-state index in [2.05, 4.69) is 0 Å². The number of rotatable bonds is 13. The van der Waals surface area contributed by atoms with E-state index in [1.54, 1.807) is 0 Å². The standard InChI is InChI=1S/C15H32O2/c1-15(17)13-11-9-7-5-3-2-4-6-8-10-12-14-16/h15-17H,2-14H2,1H3. The third kappa shape index (κ3) is 15.9. The van der Waals surface area contributed by atoms with Gasteiger partial charge in [0.05, 0.1) is 6.10 Å².